The molecule has 0 fully saturated rings. The molecule has 1 heterocycles. The van der Waals surface area contributed by atoms with Crippen LogP contribution in [0.3, 0.4) is 0 Å². The molecule has 2 aromatic rings. The van der Waals surface area contributed by atoms with E-state index in [4.69, 9.17) is 12.2 Å². The van der Waals surface area contributed by atoms with Crippen LogP contribution in [0.5, 0.6) is 0 Å². The fourth-order valence-corrected chi connectivity index (χ4v) is 2.49. The van der Waals surface area contributed by atoms with E-state index >= 15 is 0 Å². The standard InChI is InChI=1S/C15H19BrN4S/c1-3-20-10-13(16)14(18-20)11-19(2)15(21)17-9-12-7-5-4-6-8-12/h4-8,10H,3,9,11H2,1-2H3,(H,17,21). The summed E-state index contributed by atoms with van der Waals surface area (Å²) in [7, 11) is 1.97. The predicted octanol–water partition coefficient (Wildman–Crippen LogP) is 3.17. The highest BCUT2D eigenvalue weighted by Gasteiger charge is 2.11. The summed E-state index contributed by atoms with van der Waals surface area (Å²) < 4.78 is 2.93. The number of halogens is 1. The van der Waals surface area contributed by atoms with Gasteiger partial charge in [0.15, 0.2) is 5.11 Å². The lowest BCUT2D eigenvalue weighted by molar-refractivity contribution is 0.474. The van der Waals surface area contributed by atoms with Crippen molar-refractivity contribution in [2.24, 2.45) is 0 Å². The quantitative estimate of drug-likeness (QED) is 0.823. The lowest BCUT2D eigenvalue weighted by Crippen LogP contribution is -2.36. The molecule has 4 nitrogen and oxygen atoms in total. The molecule has 0 amide bonds. The maximum atomic E-state index is 5.42. The van der Waals surface area contributed by atoms with Gasteiger partial charge in [0.25, 0.3) is 0 Å². The SMILES string of the molecule is CCn1cc(Br)c(CN(C)C(=S)NCc2ccccc2)n1. The molecule has 0 aliphatic heterocycles. The molecule has 1 aromatic carbocycles. The Labute approximate surface area is 139 Å². The van der Waals surface area contributed by atoms with Crippen molar-refractivity contribution in [1.82, 2.24) is 20.0 Å². The monoisotopic (exact) mass is 366 g/mol. The molecular formula is C15H19BrN4S. The summed E-state index contributed by atoms with van der Waals surface area (Å²) in [5, 5.41) is 8.50. The van der Waals surface area contributed by atoms with Crippen LogP contribution in [-0.2, 0) is 19.6 Å². The zero-order chi connectivity index (χ0) is 15.2. The predicted molar refractivity (Wildman–Crippen MR) is 92.9 cm³/mol. The van der Waals surface area contributed by atoms with Gasteiger partial charge in [-0.25, -0.2) is 0 Å². The van der Waals surface area contributed by atoms with Gasteiger partial charge in [0.1, 0.15) is 0 Å². The van der Waals surface area contributed by atoms with Gasteiger partial charge in [0, 0.05) is 26.3 Å². The molecule has 6 heteroatoms. The Kier molecular flexibility index (Phi) is 5.76. The number of hydrogen-bond acceptors (Lipinski definition) is 2. The van der Waals surface area contributed by atoms with Gasteiger partial charge in [-0.05, 0) is 40.6 Å². The van der Waals surface area contributed by atoms with E-state index in [1.807, 2.05) is 41.0 Å². The van der Waals surface area contributed by atoms with Gasteiger partial charge in [-0.2, -0.15) is 5.10 Å². The minimum absolute atomic E-state index is 0.675. The Morgan fingerprint density at radius 1 is 1.38 bits per heavy atom. The van der Waals surface area contributed by atoms with Crippen LogP contribution in [0.25, 0.3) is 0 Å². The summed E-state index contributed by atoms with van der Waals surface area (Å²) in [6.45, 7) is 4.33. The molecule has 0 spiro atoms. The van der Waals surface area contributed by atoms with Gasteiger partial charge >= 0.3 is 0 Å². The number of nitrogens with one attached hydrogen (secondary N) is 1. The lowest BCUT2D eigenvalue weighted by atomic mass is 10.2. The van der Waals surface area contributed by atoms with Crippen molar-refractivity contribution in [2.45, 2.75) is 26.6 Å². The highest BCUT2D eigenvalue weighted by molar-refractivity contribution is 9.10. The number of benzene rings is 1. The van der Waals surface area contributed by atoms with Crippen LogP contribution in [0, 0.1) is 0 Å². The number of rotatable bonds is 5. The molecule has 21 heavy (non-hydrogen) atoms. The molecule has 2 rings (SSSR count). The second-order valence-corrected chi connectivity index (χ2v) is 6.02. The first-order valence-corrected chi connectivity index (χ1v) is 8.05. The summed E-state index contributed by atoms with van der Waals surface area (Å²) in [4.78, 5) is 1.99. The normalized spacial score (nSPS) is 10.4. The Balaban J connectivity index is 1.88. The Morgan fingerprint density at radius 2 is 2.10 bits per heavy atom. The highest BCUT2D eigenvalue weighted by atomic mass is 79.9. The number of thiocarbonyl (C=S) groups is 1. The maximum Gasteiger partial charge on any atom is 0.169 e. The van der Waals surface area contributed by atoms with E-state index in [9.17, 15) is 0 Å². The van der Waals surface area contributed by atoms with E-state index < -0.39 is 0 Å². The van der Waals surface area contributed by atoms with Crippen LogP contribution in [-0.4, -0.2) is 26.8 Å². The van der Waals surface area contributed by atoms with Gasteiger partial charge in [0.2, 0.25) is 0 Å². The maximum absolute atomic E-state index is 5.42. The van der Waals surface area contributed by atoms with Gasteiger partial charge in [-0.1, -0.05) is 30.3 Å². The van der Waals surface area contributed by atoms with Crippen molar-refractivity contribution in [3.05, 3.63) is 52.3 Å². The molecule has 112 valence electrons. The Morgan fingerprint density at radius 3 is 2.71 bits per heavy atom. The Bertz CT molecular complexity index is 597. The van der Waals surface area contributed by atoms with Gasteiger partial charge in [0.05, 0.1) is 16.7 Å². The smallest absolute Gasteiger partial charge is 0.169 e. The molecule has 0 unspecified atom stereocenters. The molecule has 0 saturated heterocycles. The number of aryl methyl sites for hydroxylation is 1. The van der Waals surface area contributed by atoms with E-state index in [0.717, 1.165) is 28.4 Å². The Hall–Kier alpha value is -1.40. The average Bonchev–Trinajstić information content (AvgIpc) is 2.86. The van der Waals surface area contributed by atoms with Crippen molar-refractivity contribution in [3.8, 4) is 0 Å². The second-order valence-electron chi connectivity index (χ2n) is 4.78. The van der Waals surface area contributed by atoms with E-state index in [-0.39, 0.29) is 0 Å². The van der Waals surface area contributed by atoms with E-state index in [1.165, 1.54) is 5.56 Å². The summed E-state index contributed by atoms with van der Waals surface area (Å²) in [6, 6.07) is 10.2. The van der Waals surface area contributed by atoms with Crippen molar-refractivity contribution in [3.63, 3.8) is 0 Å². The lowest BCUT2D eigenvalue weighted by Gasteiger charge is -2.20. The van der Waals surface area contributed by atoms with Crippen LogP contribution in [0.4, 0.5) is 0 Å². The number of aromatic nitrogens is 2. The molecule has 0 atom stereocenters. The van der Waals surface area contributed by atoms with Crippen LogP contribution >= 0.6 is 28.1 Å². The topological polar surface area (TPSA) is 33.1 Å². The molecule has 0 bridgehead atoms. The van der Waals surface area contributed by atoms with Crippen LogP contribution < -0.4 is 5.32 Å². The van der Waals surface area contributed by atoms with Gasteiger partial charge < -0.3 is 10.2 Å². The third-order valence-corrected chi connectivity index (χ3v) is 4.25. The molecular weight excluding hydrogens is 348 g/mol. The first kappa shape index (κ1) is 16.0. The van der Waals surface area contributed by atoms with Gasteiger partial charge in [-0.15, -0.1) is 0 Å². The zero-order valence-electron chi connectivity index (χ0n) is 12.2. The van der Waals surface area contributed by atoms with Crippen molar-refractivity contribution >= 4 is 33.3 Å². The number of hydrogen-bond donors (Lipinski definition) is 1. The van der Waals surface area contributed by atoms with Gasteiger partial charge in [-0.3, -0.25) is 4.68 Å². The first-order chi connectivity index (χ1) is 10.1. The largest absolute Gasteiger partial charge is 0.358 e. The molecule has 0 saturated carbocycles. The molecule has 1 aromatic heterocycles. The molecule has 0 aliphatic rings. The summed E-state index contributed by atoms with van der Waals surface area (Å²) in [6.07, 6.45) is 1.99. The number of nitrogens with zero attached hydrogens (tertiary/aromatic N) is 3. The summed E-state index contributed by atoms with van der Waals surface area (Å²) in [5.74, 6) is 0. The van der Waals surface area contributed by atoms with E-state index in [2.05, 4.69) is 45.4 Å². The third kappa shape index (κ3) is 4.54. The second kappa shape index (κ2) is 7.56. The van der Waals surface area contributed by atoms with Crippen LogP contribution in [0.1, 0.15) is 18.2 Å². The fraction of sp³-hybridized carbons (Fsp3) is 0.333. The van der Waals surface area contributed by atoms with E-state index in [1.54, 1.807) is 0 Å². The summed E-state index contributed by atoms with van der Waals surface area (Å²) in [5.41, 5.74) is 2.20. The van der Waals surface area contributed by atoms with Crippen LogP contribution in [0.15, 0.2) is 41.0 Å². The molecule has 1 N–H and O–H groups in total. The average molecular weight is 367 g/mol. The zero-order valence-corrected chi connectivity index (χ0v) is 14.6. The fourth-order valence-electron chi connectivity index (χ4n) is 1.91. The molecule has 0 aliphatic carbocycles. The highest BCUT2D eigenvalue weighted by Crippen LogP contribution is 2.16. The van der Waals surface area contributed by atoms with Crippen LogP contribution in [0.2, 0.25) is 0 Å². The minimum Gasteiger partial charge on any atom is -0.358 e. The third-order valence-electron chi connectivity index (χ3n) is 3.13. The minimum atomic E-state index is 0.675. The van der Waals surface area contributed by atoms with Crippen molar-refractivity contribution in [1.29, 1.82) is 0 Å². The molecule has 0 radical (unpaired) electrons. The summed E-state index contributed by atoms with van der Waals surface area (Å²) >= 11 is 8.96. The van der Waals surface area contributed by atoms with E-state index in [0.29, 0.717) is 6.54 Å². The van der Waals surface area contributed by atoms with Crippen molar-refractivity contribution in [2.75, 3.05) is 7.05 Å². The first-order valence-electron chi connectivity index (χ1n) is 6.85. The van der Waals surface area contributed by atoms with Crippen molar-refractivity contribution < 1.29 is 0 Å².